The molecular formula is C11H17N3O3. The van der Waals surface area contributed by atoms with Crippen LogP contribution in [0.2, 0.25) is 0 Å². The van der Waals surface area contributed by atoms with Crippen molar-refractivity contribution in [2.45, 2.75) is 6.10 Å². The first-order valence-corrected chi connectivity index (χ1v) is 5.17. The van der Waals surface area contributed by atoms with Crippen LogP contribution in [0.25, 0.3) is 0 Å². The third kappa shape index (κ3) is 6.39. The third-order valence-corrected chi connectivity index (χ3v) is 1.85. The molecule has 1 unspecified atom stereocenters. The van der Waals surface area contributed by atoms with Crippen LogP contribution in [0.3, 0.4) is 0 Å². The number of hydrogen-bond acceptors (Lipinski definition) is 4. The molecule has 1 aromatic carbocycles. The van der Waals surface area contributed by atoms with Crippen molar-refractivity contribution in [3.05, 3.63) is 30.3 Å². The fourth-order valence-corrected chi connectivity index (χ4v) is 1.07. The van der Waals surface area contributed by atoms with Crippen LogP contribution in [0.15, 0.2) is 35.3 Å². The van der Waals surface area contributed by atoms with Crippen molar-refractivity contribution in [3.8, 4) is 5.75 Å². The maximum absolute atomic E-state index is 9.40. The van der Waals surface area contributed by atoms with Gasteiger partial charge >= 0.3 is 0 Å². The van der Waals surface area contributed by atoms with Crippen LogP contribution in [0.4, 0.5) is 0 Å². The van der Waals surface area contributed by atoms with E-state index in [0.717, 1.165) is 0 Å². The molecule has 1 atom stereocenters. The minimum atomic E-state index is -0.739. The van der Waals surface area contributed by atoms with Gasteiger partial charge in [-0.3, -0.25) is 4.99 Å². The molecule has 0 aromatic heterocycles. The summed E-state index contributed by atoms with van der Waals surface area (Å²) < 4.78 is 10.4. The highest BCUT2D eigenvalue weighted by atomic mass is 16.7. The second kappa shape index (κ2) is 7.48. The zero-order chi connectivity index (χ0) is 12.5. The quantitative estimate of drug-likeness (QED) is 0.262. The Morgan fingerprint density at radius 1 is 1.29 bits per heavy atom. The summed E-state index contributed by atoms with van der Waals surface area (Å²) in [5.74, 6) is 0.663. The van der Waals surface area contributed by atoms with Crippen molar-refractivity contribution >= 4 is 5.96 Å². The van der Waals surface area contributed by atoms with E-state index < -0.39 is 6.10 Å². The first-order valence-electron chi connectivity index (χ1n) is 5.17. The average Bonchev–Trinajstić information content (AvgIpc) is 2.33. The highest BCUT2D eigenvalue weighted by Gasteiger charge is 2.03. The molecule has 94 valence electrons. The van der Waals surface area contributed by atoms with Gasteiger partial charge in [0.2, 0.25) is 0 Å². The van der Waals surface area contributed by atoms with E-state index in [9.17, 15) is 5.11 Å². The van der Waals surface area contributed by atoms with E-state index in [4.69, 9.17) is 20.9 Å². The summed E-state index contributed by atoms with van der Waals surface area (Å²) in [5, 5.41) is 9.40. The zero-order valence-electron chi connectivity index (χ0n) is 9.45. The monoisotopic (exact) mass is 239 g/mol. The van der Waals surface area contributed by atoms with Crippen molar-refractivity contribution in [1.82, 2.24) is 0 Å². The van der Waals surface area contributed by atoms with Gasteiger partial charge in [-0.1, -0.05) is 18.2 Å². The normalized spacial score (nSPS) is 11.8. The Balaban J connectivity index is 2.10. The predicted molar refractivity (Wildman–Crippen MR) is 64.6 cm³/mol. The van der Waals surface area contributed by atoms with Gasteiger partial charge in [-0.25, -0.2) is 0 Å². The fraction of sp³-hybridized carbons (Fsp3) is 0.364. The van der Waals surface area contributed by atoms with Gasteiger partial charge in [0, 0.05) is 0 Å². The van der Waals surface area contributed by atoms with Gasteiger partial charge in [0.05, 0.1) is 19.3 Å². The standard InChI is InChI=1S/C11H17N3O3/c12-11(13)14-6-9(15)7-16-8-17-10-4-2-1-3-5-10/h1-5,9,15H,6-8H2,(H4,12,13,14). The zero-order valence-corrected chi connectivity index (χ0v) is 9.45. The summed E-state index contributed by atoms with van der Waals surface area (Å²) in [6.45, 7) is 0.306. The molecule has 1 aromatic rings. The van der Waals surface area contributed by atoms with Gasteiger partial charge in [0.15, 0.2) is 12.8 Å². The number of nitrogens with zero attached hydrogens (tertiary/aromatic N) is 1. The van der Waals surface area contributed by atoms with Crippen LogP contribution in [0, 0.1) is 0 Å². The number of para-hydroxylation sites is 1. The van der Waals surface area contributed by atoms with Gasteiger partial charge in [0.1, 0.15) is 5.75 Å². The van der Waals surface area contributed by atoms with E-state index in [1.54, 1.807) is 0 Å². The molecular weight excluding hydrogens is 222 g/mol. The lowest BCUT2D eigenvalue weighted by atomic mass is 10.3. The average molecular weight is 239 g/mol. The summed E-state index contributed by atoms with van der Waals surface area (Å²) in [6, 6.07) is 9.26. The number of aliphatic hydroxyl groups is 1. The van der Waals surface area contributed by atoms with Crippen LogP contribution in [0.1, 0.15) is 0 Å². The molecule has 5 N–H and O–H groups in total. The minimum absolute atomic E-state index is 0.0513. The Bertz CT molecular complexity index is 339. The Morgan fingerprint density at radius 3 is 2.65 bits per heavy atom. The van der Waals surface area contributed by atoms with Crippen LogP contribution < -0.4 is 16.2 Å². The number of guanidine groups is 1. The third-order valence-electron chi connectivity index (χ3n) is 1.85. The molecule has 0 saturated carbocycles. The topological polar surface area (TPSA) is 103 Å². The lowest BCUT2D eigenvalue weighted by molar-refractivity contribution is -0.0265. The molecule has 0 spiro atoms. The Morgan fingerprint density at radius 2 is 2.00 bits per heavy atom. The molecule has 0 amide bonds. The van der Waals surface area contributed by atoms with Crippen molar-refractivity contribution in [2.75, 3.05) is 19.9 Å². The number of rotatable bonds is 7. The van der Waals surface area contributed by atoms with Gasteiger partial charge < -0.3 is 26.0 Å². The van der Waals surface area contributed by atoms with Gasteiger partial charge in [-0.05, 0) is 12.1 Å². The van der Waals surface area contributed by atoms with E-state index in [2.05, 4.69) is 4.99 Å². The number of benzene rings is 1. The second-order valence-corrected chi connectivity index (χ2v) is 3.37. The number of aliphatic hydroxyl groups excluding tert-OH is 1. The number of ether oxygens (including phenoxy) is 2. The van der Waals surface area contributed by atoms with Gasteiger partial charge in [-0.15, -0.1) is 0 Å². The van der Waals surface area contributed by atoms with Gasteiger partial charge in [-0.2, -0.15) is 0 Å². The fourth-order valence-electron chi connectivity index (χ4n) is 1.07. The Kier molecular flexibility index (Phi) is 5.84. The van der Waals surface area contributed by atoms with Crippen molar-refractivity contribution in [1.29, 1.82) is 0 Å². The summed E-state index contributed by atoms with van der Waals surface area (Å²) >= 11 is 0. The largest absolute Gasteiger partial charge is 0.468 e. The van der Waals surface area contributed by atoms with Crippen LogP contribution in [-0.4, -0.2) is 37.1 Å². The lowest BCUT2D eigenvalue weighted by Crippen LogP contribution is -2.27. The Labute approximate surface area is 99.9 Å². The van der Waals surface area contributed by atoms with E-state index in [-0.39, 0.29) is 25.9 Å². The van der Waals surface area contributed by atoms with Crippen LogP contribution in [-0.2, 0) is 4.74 Å². The Hall–Kier alpha value is -1.79. The molecule has 0 saturated heterocycles. The van der Waals surface area contributed by atoms with Crippen LogP contribution >= 0.6 is 0 Å². The number of aliphatic imine (C=N–C) groups is 1. The summed E-state index contributed by atoms with van der Waals surface area (Å²) in [5.41, 5.74) is 10.2. The molecule has 0 aliphatic carbocycles. The van der Waals surface area contributed by atoms with E-state index >= 15 is 0 Å². The molecule has 6 heteroatoms. The predicted octanol–water partition coefficient (Wildman–Crippen LogP) is -0.326. The van der Waals surface area contributed by atoms with E-state index in [1.807, 2.05) is 30.3 Å². The molecule has 0 aliphatic rings. The molecule has 0 aliphatic heterocycles. The summed E-state index contributed by atoms with van der Waals surface area (Å²) in [6.07, 6.45) is -0.739. The van der Waals surface area contributed by atoms with E-state index in [1.165, 1.54) is 0 Å². The van der Waals surface area contributed by atoms with Crippen molar-refractivity contribution < 1.29 is 14.6 Å². The van der Waals surface area contributed by atoms with E-state index in [0.29, 0.717) is 5.75 Å². The second-order valence-electron chi connectivity index (χ2n) is 3.37. The molecule has 0 bridgehead atoms. The minimum Gasteiger partial charge on any atom is -0.468 e. The highest BCUT2D eigenvalue weighted by molar-refractivity contribution is 5.75. The van der Waals surface area contributed by atoms with Crippen LogP contribution in [0.5, 0.6) is 5.75 Å². The molecule has 0 fully saturated rings. The first-order chi connectivity index (χ1) is 8.18. The first kappa shape index (κ1) is 13.3. The molecule has 1 rings (SSSR count). The van der Waals surface area contributed by atoms with Gasteiger partial charge in [0.25, 0.3) is 0 Å². The summed E-state index contributed by atoms with van der Waals surface area (Å²) in [4.78, 5) is 3.66. The maximum atomic E-state index is 9.40. The SMILES string of the molecule is NC(N)=NCC(O)COCOc1ccccc1. The summed E-state index contributed by atoms with van der Waals surface area (Å²) in [7, 11) is 0. The molecule has 0 radical (unpaired) electrons. The van der Waals surface area contributed by atoms with Crippen molar-refractivity contribution in [3.63, 3.8) is 0 Å². The number of hydrogen-bond donors (Lipinski definition) is 3. The highest BCUT2D eigenvalue weighted by Crippen LogP contribution is 2.07. The molecule has 0 heterocycles. The lowest BCUT2D eigenvalue weighted by Gasteiger charge is -2.10. The maximum Gasteiger partial charge on any atom is 0.189 e. The molecule has 17 heavy (non-hydrogen) atoms. The van der Waals surface area contributed by atoms with Crippen molar-refractivity contribution in [2.24, 2.45) is 16.5 Å². The number of nitrogens with two attached hydrogens (primary N) is 2. The smallest absolute Gasteiger partial charge is 0.189 e. The molecule has 6 nitrogen and oxygen atoms in total.